The predicted octanol–water partition coefficient (Wildman–Crippen LogP) is 3.04. The Balaban J connectivity index is 1.61. The van der Waals surface area contributed by atoms with Gasteiger partial charge in [0.2, 0.25) is 12.6 Å². The molecule has 4 heterocycles. The van der Waals surface area contributed by atoms with Crippen molar-refractivity contribution in [1.29, 1.82) is 0 Å². The zero-order valence-corrected chi connectivity index (χ0v) is 14.3. The van der Waals surface area contributed by atoms with Crippen LogP contribution in [0.3, 0.4) is 0 Å². The smallest absolute Gasteiger partial charge is 0.231 e. The lowest BCUT2D eigenvalue weighted by atomic mass is 9.77. The summed E-state index contributed by atoms with van der Waals surface area (Å²) in [7, 11) is 1.50. The first kappa shape index (κ1) is 14.9. The molecular weight excluding hydrogens is 352 g/mol. The number of ether oxygens (including phenoxy) is 5. The summed E-state index contributed by atoms with van der Waals surface area (Å²) in [6, 6.07) is 8.88. The van der Waals surface area contributed by atoms with Gasteiger partial charge in [0.15, 0.2) is 34.5 Å². The second kappa shape index (κ2) is 4.95. The fourth-order valence-electron chi connectivity index (χ4n) is 4.15. The topological polar surface area (TPSA) is 76.4 Å². The molecule has 0 amide bonds. The molecule has 3 aliphatic rings. The van der Waals surface area contributed by atoms with Crippen LogP contribution in [-0.4, -0.2) is 32.4 Å². The van der Waals surface area contributed by atoms with Gasteiger partial charge < -0.3 is 28.1 Å². The summed E-state index contributed by atoms with van der Waals surface area (Å²) in [5.41, 5.74) is 0.200. The molecule has 1 aromatic heterocycles. The highest BCUT2D eigenvalue weighted by Gasteiger charge is 2.58. The van der Waals surface area contributed by atoms with Crippen LogP contribution in [-0.2, 0) is 10.3 Å². The molecule has 2 aromatic carbocycles. The number of carbonyl (C=O) groups excluding carboxylic acids is 1. The van der Waals surface area contributed by atoms with Gasteiger partial charge in [0.1, 0.15) is 12.4 Å². The van der Waals surface area contributed by atoms with Gasteiger partial charge in [0.05, 0.1) is 11.8 Å². The number of carbonyl (C=O) groups is 1. The van der Waals surface area contributed by atoms with Crippen molar-refractivity contribution in [2.75, 3.05) is 20.5 Å². The van der Waals surface area contributed by atoms with Crippen LogP contribution >= 0.6 is 0 Å². The van der Waals surface area contributed by atoms with Gasteiger partial charge in [-0.1, -0.05) is 6.07 Å². The summed E-state index contributed by atoms with van der Waals surface area (Å²) in [6.07, 6.45) is 0.913. The monoisotopic (exact) mass is 366 g/mol. The lowest BCUT2D eigenvalue weighted by Crippen LogP contribution is -2.58. The standard InChI is InChI=1S/C20H14O7/c1-22-20-12-6-14-15(26-9-25-14)7-13(12)24-8-16(20)27-18-11(19(20)21)3-2-10-4-5-23-17(10)18/h2-7,16H,8-9H2,1H3. The van der Waals surface area contributed by atoms with E-state index in [4.69, 9.17) is 28.1 Å². The third-order valence-electron chi connectivity index (χ3n) is 5.46. The van der Waals surface area contributed by atoms with Crippen molar-refractivity contribution < 1.29 is 32.9 Å². The van der Waals surface area contributed by atoms with Crippen molar-refractivity contribution in [2.45, 2.75) is 11.7 Å². The molecule has 0 radical (unpaired) electrons. The van der Waals surface area contributed by atoms with E-state index in [1.165, 1.54) is 7.11 Å². The Morgan fingerprint density at radius 1 is 1.07 bits per heavy atom. The maximum Gasteiger partial charge on any atom is 0.231 e. The summed E-state index contributed by atoms with van der Waals surface area (Å²) in [5, 5.41) is 0.868. The molecule has 136 valence electrons. The summed E-state index contributed by atoms with van der Waals surface area (Å²) >= 11 is 0. The highest BCUT2D eigenvalue weighted by molar-refractivity contribution is 6.10. The first-order valence-corrected chi connectivity index (χ1v) is 8.56. The van der Waals surface area contributed by atoms with Gasteiger partial charge in [-0.15, -0.1) is 0 Å². The highest BCUT2D eigenvalue weighted by Crippen LogP contribution is 2.52. The second-order valence-electron chi connectivity index (χ2n) is 6.67. The predicted molar refractivity (Wildman–Crippen MR) is 91.7 cm³/mol. The van der Waals surface area contributed by atoms with E-state index in [0.29, 0.717) is 39.7 Å². The van der Waals surface area contributed by atoms with E-state index in [-0.39, 0.29) is 19.2 Å². The molecule has 0 spiro atoms. The van der Waals surface area contributed by atoms with Crippen LogP contribution in [0.2, 0.25) is 0 Å². The number of methoxy groups -OCH3 is 1. The molecule has 3 aliphatic heterocycles. The van der Waals surface area contributed by atoms with E-state index in [0.717, 1.165) is 5.39 Å². The minimum Gasteiger partial charge on any atom is -0.489 e. The summed E-state index contributed by atoms with van der Waals surface area (Å²) in [4.78, 5) is 13.7. The average molecular weight is 366 g/mol. The van der Waals surface area contributed by atoms with E-state index in [1.807, 2.05) is 12.1 Å². The molecule has 0 N–H and O–H groups in total. The Morgan fingerprint density at radius 2 is 1.93 bits per heavy atom. The zero-order valence-electron chi connectivity index (χ0n) is 14.3. The maximum absolute atomic E-state index is 13.7. The maximum atomic E-state index is 13.7. The van der Waals surface area contributed by atoms with Gasteiger partial charge in [0.25, 0.3) is 0 Å². The Morgan fingerprint density at radius 3 is 2.78 bits per heavy atom. The molecular formula is C20H14O7. The van der Waals surface area contributed by atoms with Crippen LogP contribution in [0.4, 0.5) is 0 Å². The van der Waals surface area contributed by atoms with Crippen LogP contribution in [0.1, 0.15) is 15.9 Å². The fraction of sp³-hybridized carbons (Fsp3) is 0.250. The minimum absolute atomic E-state index is 0.130. The van der Waals surface area contributed by atoms with E-state index < -0.39 is 11.7 Å². The number of Topliss-reactive ketones (excluding diaryl/α,β-unsaturated/α-hetero) is 1. The van der Waals surface area contributed by atoms with Crippen molar-refractivity contribution in [1.82, 2.24) is 0 Å². The van der Waals surface area contributed by atoms with E-state index in [2.05, 4.69) is 0 Å². The Hall–Kier alpha value is -3.19. The van der Waals surface area contributed by atoms with Crippen molar-refractivity contribution in [3.63, 3.8) is 0 Å². The third kappa shape index (κ3) is 1.72. The molecule has 0 saturated heterocycles. The SMILES string of the molecule is COC12C(=O)c3ccc4ccoc4c3OC1COc1cc3c(cc12)OCO3. The quantitative estimate of drug-likeness (QED) is 0.655. The lowest BCUT2D eigenvalue weighted by molar-refractivity contribution is -0.102. The molecule has 3 aromatic rings. The van der Waals surface area contributed by atoms with Crippen LogP contribution in [0, 0.1) is 0 Å². The molecule has 0 aliphatic carbocycles. The molecule has 7 heteroatoms. The average Bonchev–Trinajstić information content (AvgIpc) is 3.35. The van der Waals surface area contributed by atoms with Crippen molar-refractivity contribution in [2.24, 2.45) is 0 Å². The second-order valence-corrected chi connectivity index (χ2v) is 6.67. The number of benzene rings is 2. The Kier molecular flexibility index (Phi) is 2.74. The number of rotatable bonds is 1. The zero-order chi connectivity index (χ0) is 18.2. The number of fused-ring (bicyclic) bond motifs is 7. The van der Waals surface area contributed by atoms with Crippen molar-refractivity contribution in [3.05, 3.63) is 47.7 Å². The van der Waals surface area contributed by atoms with E-state index in [9.17, 15) is 4.79 Å². The molecule has 27 heavy (non-hydrogen) atoms. The first-order valence-electron chi connectivity index (χ1n) is 8.56. The summed E-state index contributed by atoms with van der Waals surface area (Å²) < 4.78 is 34.4. The normalized spacial score (nSPS) is 24.6. The van der Waals surface area contributed by atoms with Gasteiger partial charge in [-0.2, -0.15) is 0 Å². The molecule has 6 rings (SSSR count). The van der Waals surface area contributed by atoms with Crippen molar-refractivity contribution >= 4 is 16.8 Å². The van der Waals surface area contributed by atoms with Crippen LogP contribution < -0.4 is 18.9 Å². The van der Waals surface area contributed by atoms with Gasteiger partial charge in [0, 0.05) is 24.1 Å². The van der Waals surface area contributed by atoms with Crippen LogP contribution in [0.25, 0.3) is 11.0 Å². The third-order valence-corrected chi connectivity index (χ3v) is 5.46. The largest absolute Gasteiger partial charge is 0.489 e. The molecule has 0 saturated carbocycles. The van der Waals surface area contributed by atoms with E-state index in [1.54, 1.807) is 24.5 Å². The van der Waals surface area contributed by atoms with Gasteiger partial charge in [-0.25, -0.2) is 0 Å². The van der Waals surface area contributed by atoms with Gasteiger partial charge in [-0.05, 0) is 18.2 Å². The van der Waals surface area contributed by atoms with Gasteiger partial charge in [-0.3, -0.25) is 4.79 Å². The Labute approximate surface area is 153 Å². The lowest BCUT2D eigenvalue weighted by Gasteiger charge is -2.45. The summed E-state index contributed by atoms with van der Waals surface area (Å²) in [6.45, 7) is 0.286. The van der Waals surface area contributed by atoms with Crippen LogP contribution in [0.5, 0.6) is 23.0 Å². The molecule has 2 atom stereocenters. The molecule has 0 fully saturated rings. The number of furan rings is 1. The van der Waals surface area contributed by atoms with Gasteiger partial charge >= 0.3 is 0 Å². The summed E-state index contributed by atoms with van der Waals surface area (Å²) in [5.74, 6) is 1.89. The number of ketones is 1. The number of hydrogen-bond donors (Lipinski definition) is 0. The Bertz CT molecular complexity index is 1110. The molecule has 0 bridgehead atoms. The number of hydrogen-bond acceptors (Lipinski definition) is 7. The minimum atomic E-state index is -1.33. The molecule has 2 unspecified atom stereocenters. The van der Waals surface area contributed by atoms with Crippen LogP contribution in [0.15, 0.2) is 41.0 Å². The first-order chi connectivity index (χ1) is 13.2. The van der Waals surface area contributed by atoms with Crippen molar-refractivity contribution in [3.8, 4) is 23.0 Å². The highest BCUT2D eigenvalue weighted by atomic mass is 16.7. The fourth-order valence-corrected chi connectivity index (χ4v) is 4.15. The van der Waals surface area contributed by atoms with E-state index >= 15 is 0 Å². The molecule has 7 nitrogen and oxygen atoms in total.